The van der Waals surface area contributed by atoms with E-state index in [1.54, 1.807) is 15.9 Å². The van der Waals surface area contributed by atoms with Crippen LogP contribution in [-0.4, -0.2) is 90.6 Å². The van der Waals surface area contributed by atoms with Gasteiger partial charge < -0.3 is 14.5 Å². The predicted octanol–water partition coefficient (Wildman–Crippen LogP) is 2.34. The molecule has 4 heterocycles. The van der Waals surface area contributed by atoms with E-state index in [-0.39, 0.29) is 17.7 Å². The number of rotatable bonds is 6. The van der Waals surface area contributed by atoms with Crippen molar-refractivity contribution in [2.75, 3.05) is 57.4 Å². The van der Waals surface area contributed by atoms with E-state index in [0.29, 0.717) is 43.0 Å². The van der Waals surface area contributed by atoms with E-state index in [2.05, 4.69) is 4.90 Å². The lowest BCUT2D eigenvalue weighted by Crippen LogP contribution is -2.62. The first-order chi connectivity index (χ1) is 16.5. The molecule has 3 fully saturated rings. The molecule has 4 aliphatic rings. The Balaban J connectivity index is 1.16. The molecule has 1 aromatic carbocycles. The molecular formula is C26H36N4O4. The predicted molar refractivity (Wildman–Crippen MR) is 128 cm³/mol. The minimum absolute atomic E-state index is 0.0397. The minimum atomic E-state index is -0.699. The molecule has 0 bridgehead atoms. The zero-order chi connectivity index (χ0) is 23.7. The summed E-state index contributed by atoms with van der Waals surface area (Å²) in [5.41, 5.74) is 0.540. The third-order valence-corrected chi connectivity index (χ3v) is 8.22. The molecule has 34 heavy (non-hydrogen) atoms. The van der Waals surface area contributed by atoms with Gasteiger partial charge in [0, 0.05) is 45.6 Å². The molecule has 3 amide bonds. The van der Waals surface area contributed by atoms with Gasteiger partial charge >= 0.3 is 0 Å². The van der Waals surface area contributed by atoms with Crippen LogP contribution in [0.25, 0.3) is 0 Å². The van der Waals surface area contributed by atoms with Gasteiger partial charge in [-0.25, -0.2) is 0 Å². The average molecular weight is 469 g/mol. The van der Waals surface area contributed by atoms with Gasteiger partial charge in [-0.15, -0.1) is 0 Å². The molecule has 1 atom stereocenters. The third-order valence-electron chi connectivity index (χ3n) is 8.22. The van der Waals surface area contributed by atoms with Crippen LogP contribution >= 0.6 is 0 Å². The number of nitrogens with zero attached hydrogens (tertiary/aromatic N) is 4. The van der Waals surface area contributed by atoms with Crippen molar-refractivity contribution in [3.05, 3.63) is 29.8 Å². The number of morpholine rings is 1. The zero-order valence-corrected chi connectivity index (χ0v) is 20.2. The molecule has 0 radical (unpaired) electrons. The van der Waals surface area contributed by atoms with Gasteiger partial charge in [0.1, 0.15) is 5.66 Å². The summed E-state index contributed by atoms with van der Waals surface area (Å²) in [5, 5.41) is 0. The third kappa shape index (κ3) is 4.33. The highest BCUT2D eigenvalue weighted by atomic mass is 16.5. The quantitative estimate of drug-likeness (QED) is 0.641. The second-order valence-electron chi connectivity index (χ2n) is 10.2. The highest BCUT2D eigenvalue weighted by Gasteiger charge is 2.52. The summed E-state index contributed by atoms with van der Waals surface area (Å²) >= 11 is 0. The van der Waals surface area contributed by atoms with Gasteiger partial charge in [-0.3, -0.25) is 24.2 Å². The van der Waals surface area contributed by atoms with Crippen LogP contribution in [0.2, 0.25) is 0 Å². The molecule has 1 aromatic rings. The molecule has 4 aliphatic heterocycles. The molecule has 0 saturated carbocycles. The van der Waals surface area contributed by atoms with Crippen molar-refractivity contribution in [3.63, 3.8) is 0 Å². The van der Waals surface area contributed by atoms with Crippen molar-refractivity contribution in [2.24, 2.45) is 5.92 Å². The monoisotopic (exact) mass is 468 g/mol. The number of piperidine rings is 1. The number of para-hydroxylation sites is 1. The number of fused-ring (bicyclic) bond motifs is 3. The maximum absolute atomic E-state index is 13.4. The van der Waals surface area contributed by atoms with E-state index in [9.17, 15) is 14.4 Å². The highest BCUT2D eigenvalue weighted by Crippen LogP contribution is 2.44. The van der Waals surface area contributed by atoms with E-state index in [1.807, 2.05) is 30.0 Å². The fourth-order valence-corrected chi connectivity index (χ4v) is 6.07. The number of hydrogen-bond donors (Lipinski definition) is 0. The normalized spacial score (nSPS) is 26.1. The largest absolute Gasteiger partial charge is 0.379 e. The zero-order valence-electron chi connectivity index (χ0n) is 20.2. The molecule has 5 rings (SSSR count). The van der Waals surface area contributed by atoms with Gasteiger partial charge in [-0.1, -0.05) is 12.1 Å². The second-order valence-corrected chi connectivity index (χ2v) is 10.2. The van der Waals surface area contributed by atoms with Crippen molar-refractivity contribution < 1.29 is 19.1 Å². The Kier molecular flexibility index (Phi) is 6.62. The van der Waals surface area contributed by atoms with Gasteiger partial charge in [0.05, 0.1) is 24.5 Å². The fraction of sp³-hybridized carbons (Fsp3) is 0.654. The Bertz CT molecular complexity index is 938. The maximum Gasteiger partial charge on any atom is 0.257 e. The van der Waals surface area contributed by atoms with Crippen LogP contribution in [0.3, 0.4) is 0 Å². The molecule has 0 aliphatic carbocycles. The van der Waals surface area contributed by atoms with Gasteiger partial charge in [0.15, 0.2) is 0 Å². The smallest absolute Gasteiger partial charge is 0.257 e. The Morgan fingerprint density at radius 1 is 1.06 bits per heavy atom. The maximum atomic E-state index is 13.4. The molecule has 8 nitrogen and oxygen atoms in total. The molecule has 8 heteroatoms. The molecule has 0 N–H and O–H groups in total. The van der Waals surface area contributed by atoms with Crippen molar-refractivity contribution in [1.29, 1.82) is 0 Å². The molecular weight excluding hydrogens is 432 g/mol. The topological polar surface area (TPSA) is 73.4 Å². The van der Waals surface area contributed by atoms with Crippen LogP contribution < -0.4 is 4.90 Å². The molecule has 0 spiro atoms. The number of amides is 3. The van der Waals surface area contributed by atoms with E-state index in [0.717, 1.165) is 58.8 Å². The van der Waals surface area contributed by atoms with Gasteiger partial charge in [-0.05, 0) is 57.2 Å². The van der Waals surface area contributed by atoms with Crippen LogP contribution in [0.4, 0.5) is 5.69 Å². The summed E-state index contributed by atoms with van der Waals surface area (Å²) in [5.74, 6) is 0.735. The van der Waals surface area contributed by atoms with Crippen molar-refractivity contribution >= 4 is 23.4 Å². The summed E-state index contributed by atoms with van der Waals surface area (Å²) < 4.78 is 5.43. The summed E-state index contributed by atoms with van der Waals surface area (Å²) in [4.78, 5) is 47.1. The Hall–Kier alpha value is -2.45. The van der Waals surface area contributed by atoms with Crippen LogP contribution in [0.15, 0.2) is 24.3 Å². The van der Waals surface area contributed by atoms with Crippen molar-refractivity contribution in [3.8, 4) is 0 Å². The Morgan fingerprint density at radius 3 is 2.56 bits per heavy atom. The Labute approximate surface area is 201 Å². The van der Waals surface area contributed by atoms with E-state index < -0.39 is 5.66 Å². The van der Waals surface area contributed by atoms with E-state index in [4.69, 9.17) is 4.74 Å². The number of ether oxygens (including phenoxy) is 1. The minimum Gasteiger partial charge on any atom is -0.379 e. The lowest BCUT2D eigenvalue weighted by atomic mass is 9.93. The average Bonchev–Trinajstić information content (AvgIpc) is 3.18. The van der Waals surface area contributed by atoms with Gasteiger partial charge in [-0.2, -0.15) is 0 Å². The number of benzene rings is 1. The first-order valence-corrected chi connectivity index (χ1v) is 12.8. The summed E-state index contributed by atoms with van der Waals surface area (Å²) in [7, 11) is 0. The van der Waals surface area contributed by atoms with E-state index >= 15 is 0 Å². The van der Waals surface area contributed by atoms with Crippen molar-refractivity contribution in [1.82, 2.24) is 14.7 Å². The first kappa shape index (κ1) is 23.3. The number of anilines is 1. The van der Waals surface area contributed by atoms with Crippen LogP contribution in [0.5, 0.6) is 0 Å². The van der Waals surface area contributed by atoms with Crippen LogP contribution in [0.1, 0.15) is 55.8 Å². The number of hydrogen-bond acceptors (Lipinski definition) is 5. The number of carbonyl (C=O) groups is 3. The van der Waals surface area contributed by atoms with Crippen LogP contribution in [0, 0.1) is 5.92 Å². The van der Waals surface area contributed by atoms with Crippen LogP contribution in [-0.2, 0) is 14.3 Å². The molecule has 184 valence electrons. The van der Waals surface area contributed by atoms with Gasteiger partial charge in [0.2, 0.25) is 11.8 Å². The lowest BCUT2D eigenvalue weighted by molar-refractivity contribution is -0.133. The molecule has 1 unspecified atom stereocenters. The fourth-order valence-electron chi connectivity index (χ4n) is 6.07. The SMILES string of the molecule is CC12CCC(=O)N1c1ccccc1C(=O)N2CCC(=O)N1CCC(CCN2CCOCC2)CC1. The second kappa shape index (κ2) is 9.66. The first-order valence-electron chi connectivity index (χ1n) is 12.8. The molecule has 0 aromatic heterocycles. The molecule has 3 saturated heterocycles. The Morgan fingerprint density at radius 2 is 1.79 bits per heavy atom. The lowest BCUT2D eigenvalue weighted by Gasteiger charge is -2.48. The van der Waals surface area contributed by atoms with E-state index in [1.165, 1.54) is 6.42 Å². The highest BCUT2D eigenvalue weighted by molar-refractivity contribution is 6.10. The van der Waals surface area contributed by atoms with Gasteiger partial charge in [0.25, 0.3) is 5.91 Å². The van der Waals surface area contributed by atoms with Crippen molar-refractivity contribution in [2.45, 2.75) is 51.1 Å². The standard InChI is InChI=1S/C26H36N4O4/c1-26-11-6-24(32)30(26)22-5-3-2-4-21(22)25(33)29(26)15-10-23(31)28-13-8-20(9-14-28)7-12-27-16-18-34-19-17-27/h2-5,20H,6-19H2,1H3. The number of likely N-dealkylation sites (tertiary alicyclic amines) is 1. The summed E-state index contributed by atoms with van der Waals surface area (Å²) in [6.45, 7) is 8.73. The number of carbonyl (C=O) groups excluding carboxylic acids is 3. The summed E-state index contributed by atoms with van der Waals surface area (Å²) in [6.07, 6.45) is 4.59. The summed E-state index contributed by atoms with van der Waals surface area (Å²) in [6, 6.07) is 7.31.